The van der Waals surface area contributed by atoms with Gasteiger partial charge in [0.15, 0.2) is 0 Å². The van der Waals surface area contributed by atoms with Crippen molar-refractivity contribution in [1.29, 1.82) is 0 Å². The summed E-state index contributed by atoms with van der Waals surface area (Å²) in [5.74, 6) is -1.46. The van der Waals surface area contributed by atoms with Crippen molar-refractivity contribution in [2.24, 2.45) is 5.41 Å². The molecule has 0 saturated carbocycles. The second-order valence-electron chi connectivity index (χ2n) is 4.41. The van der Waals surface area contributed by atoms with E-state index in [1.807, 2.05) is 0 Å². The fourth-order valence-electron chi connectivity index (χ4n) is 2.17. The number of rotatable bonds is 3. The lowest BCUT2D eigenvalue weighted by atomic mass is 9.77. The molecule has 1 aromatic rings. The van der Waals surface area contributed by atoms with E-state index in [1.54, 1.807) is 6.07 Å². The molecule has 0 spiro atoms. The number of carbonyl (C=O) groups excluding carboxylic acids is 2. The first kappa shape index (κ1) is 13.0. The molecule has 0 aliphatic carbocycles. The molecule has 0 N–H and O–H groups in total. The van der Waals surface area contributed by atoms with E-state index in [9.17, 15) is 14.0 Å². The number of ketones is 1. The molecule has 18 heavy (non-hydrogen) atoms. The molecule has 5 heteroatoms. The Labute approximate surface area is 109 Å². The van der Waals surface area contributed by atoms with Crippen LogP contribution in [-0.4, -0.2) is 18.4 Å². The first-order valence-corrected chi connectivity index (χ1v) is 5.96. The van der Waals surface area contributed by atoms with Crippen LogP contribution in [0.25, 0.3) is 0 Å². The predicted octanol–water partition coefficient (Wildman–Crippen LogP) is 2.54. The maximum Gasteiger partial charge on any atom is 0.320 e. The van der Waals surface area contributed by atoms with Crippen LogP contribution in [0.15, 0.2) is 18.2 Å². The molecule has 1 aliphatic heterocycles. The Morgan fingerprint density at radius 2 is 2.28 bits per heavy atom. The first-order valence-electron chi connectivity index (χ1n) is 5.58. The Bertz CT molecular complexity index is 515. The van der Waals surface area contributed by atoms with Gasteiger partial charge < -0.3 is 4.74 Å². The molecule has 1 unspecified atom stereocenters. The summed E-state index contributed by atoms with van der Waals surface area (Å²) in [4.78, 5) is 23.5. The number of cyclic esters (lactones) is 1. The van der Waals surface area contributed by atoms with Gasteiger partial charge in [-0.15, -0.1) is 0 Å². The lowest BCUT2D eigenvalue weighted by molar-refractivity contribution is -0.150. The molecule has 2 rings (SSSR count). The van der Waals surface area contributed by atoms with Crippen LogP contribution in [0.5, 0.6) is 0 Å². The highest BCUT2D eigenvalue weighted by atomic mass is 35.5. The summed E-state index contributed by atoms with van der Waals surface area (Å²) in [5, 5.41) is -0.0161. The summed E-state index contributed by atoms with van der Waals surface area (Å²) in [5.41, 5.74) is -0.998. The minimum absolute atomic E-state index is 0.00639. The van der Waals surface area contributed by atoms with E-state index in [4.69, 9.17) is 16.3 Å². The molecular weight excluding hydrogens is 259 g/mol. The van der Waals surface area contributed by atoms with Crippen molar-refractivity contribution < 1.29 is 18.7 Å². The van der Waals surface area contributed by atoms with Crippen molar-refractivity contribution >= 4 is 23.4 Å². The molecule has 1 aromatic carbocycles. The number of hydrogen-bond donors (Lipinski definition) is 0. The number of ether oxygens (including phenoxy) is 1. The number of carbonyl (C=O) groups is 2. The van der Waals surface area contributed by atoms with Crippen LogP contribution >= 0.6 is 11.6 Å². The number of esters is 1. The van der Waals surface area contributed by atoms with Gasteiger partial charge in [0.2, 0.25) is 0 Å². The molecule has 96 valence electrons. The number of Topliss-reactive ketones (excluding diaryl/α,β-unsaturated/α-hetero) is 1. The zero-order valence-corrected chi connectivity index (χ0v) is 10.6. The fraction of sp³-hybridized carbons (Fsp3) is 0.385. The zero-order chi connectivity index (χ0) is 13.3. The van der Waals surface area contributed by atoms with Gasteiger partial charge in [0.1, 0.15) is 17.0 Å². The van der Waals surface area contributed by atoms with Gasteiger partial charge in [-0.2, -0.15) is 0 Å². The predicted molar refractivity (Wildman–Crippen MR) is 63.8 cm³/mol. The van der Waals surface area contributed by atoms with Crippen molar-refractivity contribution in [2.45, 2.75) is 19.8 Å². The second-order valence-corrected chi connectivity index (χ2v) is 4.82. The molecule has 1 aliphatic rings. The number of benzene rings is 1. The maximum atomic E-state index is 13.8. The molecule has 0 amide bonds. The molecule has 1 fully saturated rings. The van der Waals surface area contributed by atoms with Crippen molar-refractivity contribution in [3.05, 3.63) is 34.6 Å². The summed E-state index contributed by atoms with van der Waals surface area (Å²) in [6, 6.07) is 4.54. The third-order valence-corrected chi connectivity index (χ3v) is 3.64. The van der Waals surface area contributed by atoms with E-state index >= 15 is 0 Å². The molecule has 1 saturated heterocycles. The van der Waals surface area contributed by atoms with Crippen LogP contribution in [0.4, 0.5) is 4.39 Å². The van der Waals surface area contributed by atoms with Crippen molar-refractivity contribution in [2.75, 3.05) is 6.61 Å². The fourth-order valence-corrected chi connectivity index (χ4v) is 2.37. The lowest BCUT2D eigenvalue weighted by Gasteiger charge is -2.21. The Kier molecular flexibility index (Phi) is 3.39. The van der Waals surface area contributed by atoms with Gasteiger partial charge >= 0.3 is 5.97 Å². The van der Waals surface area contributed by atoms with Gasteiger partial charge in [-0.1, -0.05) is 23.7 Å². The third-order valence-electron chi connectivity index (χ3n) is 3.35. The Morgan fingerprint density at radius 3 is 2.83 bits per heavy atom. The summed E-state index contributed by atoms with van der Waals surface area (Å²) >= 11 is 5.68. The monoisotopic (exact) mass is 270 g/mol. The Hall–Kier alpha value is -1.42. The minimum atomic E-state index is -1.26. The van der Waals surface area contributed by atoms with Crippen LogP contribution in [0.1, 0.15) is 18.9 Å². The summed E-state index contributed by atoms with van der Waals surface area (Å²) in [6.07, 6.45) is 0.278. The average molecular weight is 271 g/mol. The highest BCUT2D eigenvalue weighted by Crippen LogP contribution is 2.36. The van der Waals surface area contributed by atoms with Crippen LogP contribution in [-0.2, 0) is 20.7 Å². The minimum Gasteiger partial charge on any atom is -0.465 e. The third kappa shape index (κ3) is 2.01. The van der Waals surface area contributed by atoms with E-state index in [0.717, 1.165) is 0 Å². The quantitative estimate of drug-likeness (QED) is 0.626. The van der Waals surface area contributed by atoms with Gasteiger partial charge in [-0.05, 0) is 25.0 Å². The normalized spacial score (nSPS) is 22.9. The van der Waals surface area contributed by atoms with Crippen LogP contribution in [0.3, 0.4) is 0 Å². The smallest absolute Gasteiger partial charge is 0.320 e. The number of halogens is 2. The van der Waals surface area contributed by atoms with E-state index < -0.39 is 17.2 Å². The molecular formula is C13H12ClFO3. The topological polar surface area (TPSA) is 43.4 Å². The summed E-state index contributed by atoms with van der Waals surface area (Å²) in [7, 11) is 0. The van der Waals surface area contributed by atoms with Crippen LogP contribution in [0.2, 0.25) is 5.02 Å². The van der Waals surface area contributed by atoms with Gasteiger partial charge in [0.25, 0.3) is 0 Å². The largest absolute Gasteiger partial charge is 0.465 e. The molecule has 1 heterocycles. The van der Waals surface area contributed by atoms with Gasteiger partial charge in [-0.3, -0.25) is 9.59 Å². The van der Waals surface area contributed by atoms with Crippen LogP contribution in [0, 0.1) is 11.2 Å². The molecule has 3 nitrogen and oxygen atoms in total. The van der Waals surface area contributed by atoms with Gasteiger partial charge in [-0.25, -0.2) is 4.39 Å². The van der Waals surface area contributed by atoms with E-state index in [2.05, 4.69) is 0 Å². The van der Waals surface area contributed by atoms with Crippen molar-refractivity contribution in [3.8, 4) is 0 Å². The van der Waals surface area contributed by atoms with E-state index in [-0.39, 0.29) is 35.8 Å². The zero-order valence-electron chi connectivity index (χ0n) is 9.83. The van der Waals surface area contributed by atoms with Crippen LogP contribution < -0.4 is 0 Å². The van der Waals surface area contributed by atoms with Crippen molar-refractivity contribution in [1.82, 2.24) is 0 Å². The molecule has 1 atom stereocenters. The lowest BCUT2D eigenvalue weighted by Crippen LogP contribution is -2.36. The highest BCUT2D eigenvalue weighted by Gasteiger charge is 2.49. The highest BCUT2D eigenvalue weighted by molar-refractivity contribution is 6.30. The van der Waals surface area contributed by atoms with E-state index in [1.165, 1.54) is 19.1 Å². The second kappa shape index (κ2) is 4.69. The Balaban J connectivity index is 2.39. The van der Waals surface area contributed by atoms with Gasteiger partial charge in [0.05, 0.1) is 11.6 Å². The van der Waals surface area contributed by atoms with Gasteiger partial charge in [0, 0.05) is 6.42 Å². The average Bonchev–Trinajstić information content (AvgIpc) is 2.68. The SMILES string of the molecule is CC(=O)C1(Cc2cccc(Cl)c2F)CCOC1=O. The van der Waals surface area contributed by atoms with Crippen molar-refractivity contribution in [3.63, 3.8) is 0 Å². The molecule has 0 bridgehead atoms. The molecule has 0 aromatic heterocycles. The Morgan fingerprint density at radius 1 is 1.56 bits per heavy atom. The van der Waals surface area contributed by atoms with E-state index in [0.29, 0.717) is 0 Å². The number of hydrogen-bond acceptors (Lipinski definition) is 3. The standard InChI is InChI=1S/C13H12ClFO3/c1-8(16)13(5-6-18-12(13)17)7-9-3-2-4-10(14)11(9)15/h2-4H,5-7H2,1H3. The summed E-state index contributed by atoms with van der Waals surface area (Å²) < 4.78 is 18.7. The summed E-state index contributed by atoms with van der Waals surface area (Å²) in [6.45, 7) is 1.52. The molecule has 0 radical (unpaired) electrons. The maximum absolute atomic E-state index is 13.8. The first-order chi connectivity index (χ1) is 8.47.